The lowest BCUT2D eigenvalue weighted by atomic mass is 10.2. The van der Waals surface area contributed by atoms with E-state index in [1.807, 2.05) is 0 Å². The molecule has 0 fully saturated rings. The Bertz CT molecular complexity index is 278. The Morgan fingerprint density at radius 1 is 1.58 bits per heavy atom. The van der Waals surface area contributed by atoms with Crippen molar-refractivity contribution in [1.82, 2.24) is 5.06 Å². The van der Waals surface area contributed by atoms with Gasteiger partial charge < -0.3 is 5.21 Å². The molecule has 1 N–H and O–H groups in total. The molecule has 1 aromatic carbocycles. The van der Waals surface area contributed by atoms with Crippen LogP contribution in [0.5, 0.6) is 0 Å². The summed E-state index contributed by atoms with van der Waals surface area (Å²) in [5, 5.41) is 10.2. The third-order valence-corrected chi connectivity index (χ3v) is 1.77. The number of halogens is 2. The van der Waals surface area contributed by atoms with E-state index >= 15 is 0 Å². The molecule has 1 rings (SSSR count). The maximum atomic E-state index is 12.5. The minimum absolute atomic E-state index is 0.291. The smallest absolute Gasteiger partial charge is 0.124 e. The quantitative estimate of drug-likeness (QED) is 0.722. The van der Waals surface area contributed by atoms with Crippen molar-refractivity contribution < 1.29 is 9.60 Å². The van der Waals surface area contributed by atoms with Crippen molar-refractivity contribution in [3.8, 4) is 0 Å². The number of benzene rings is 1. The molecule has 0 unspecified atom stereocenters. The Balaban J connectivity index is 2.86. The summed E-state index contributed by atoms with van der Waals surface area (Å²) in [4.78, 5) is 0. The van der Waals surface area contributed by atoms with Gasteiger partial charge in [0.15, 0.2) is 0 Å². The van der Waals surface area contributed by atoms with Gasteiger partial charge >= 0.3 is 0 Å². The van der Waals surface area contributed by atoms with Gasteiger partial charge in [-0.3, -0.25) is 0 Å². The van der Waals surface area contributed by atoms with E-state index < -0.39 is 0 Å². The summed E-state index contributed by atoms with van der Waals surface area (Å²) in [6.45, 7) is 0.291. The molecule has 0 radical (unpaired) electrons. The third-order valence-electron chi connectivity index (χ3n) is 1.41. The fourth-order valence-corrected chi connectivity index (χ4v) is 1.12. The first kappa shape index (κ1) is 9.45. The van der Waals surface area contributed by atoms with Crippen molar-refractivity contribution in [2.75, 3.05) is 7.05 Å². The van der Waals surface area contributed by atoms with E-state index in [1.54, 1.807) is 6.07 Å². The minimum atomic E-state index is -0.371. The Hall–Kier alpha value is -0.640. The van der Waals surface area contributed by atoms with Crippen molar-refractivity contribution in [1.29, 1.82) is 0 Å². The van der Waals surface area contributed by atoms with Crippen LogP contribution in [0, 0.1) is 5.82 Å². The van der Waals surface area contributed by atoms with Gasteiger partial charge in [-0.2, -0.15) is 5.06 Å². The molecule has 0 saturated carbocycles. The van der Waals surface area contributed by atoms with E-state index in [0.717, 1.165) is 5.06 Å². The molecule has 1 aromatic rings. The first-order valence-electron chi connectivity index (χ1n) is 3.43. The second kappa shape index (κ2) is 3.85. The molecule has 4 heteroatoms. The van der Waals surface area contributed by atoms with Crippen LogP contribution in [0.4, 0.5) is 4.39 Å². The van der Waals surface area contributed by atoms with Gasteiger partial charge in [0.2, 0.25) is 0 Å². The van der Waals surface area contributed by atoms with Gasteiger partial charge in [-0.05, 0) is 17.7 Å². The van der Waals surface area contributed by atoms with Crippen LogP contribution in [-0.4, -0.2) is 17.3 Å². The molecule has 0 amide bonds. The Labute approximate surface area is 75.1 Å². The van der Waals surface area contributed by atoms with Crippen molar-refractivity contribution in [3.05, 3.63) is 34.6 Å². The first-order valence-corrected chi connectivity index (χ1v) is 3.81. The van der Waals surface area contributed by atoms with Crippen LogP contribution in [0.25, 0.3) is 0 Å². The normalized spacial score (nSPS) is 10.8. The summed E-state index contributed by atoms with van der Waals surface area (Å²) in [5.41, 5.74) is 0.697. The molecule has 0 bridgehead atoms. The number of rotatable bonds is 2. The second-order valence-electron chi connectivity index (χ2n) is 2.55. The Kier molecular flexibility index (Phi) is 3.03. The van der Waals surface area contributed by atoms with Gasteiger partial charge in [-0.25, -0.2) is 4.39 Å². The van der Waals surface area contributed by atoms with E-state index in [4.69, 9.17) is 16.8 Å². The molecule has 0 spiro atoms. The molecule has 0 saturated heterocycles. The van der Waals surface area contributed by atoms with Crippen molar-refractivity contribution in [2.24, 2.45) is 0 Å². The van der Waals surface area contributed by atoms with Crippen molar-refractivity contribution >= 4 is 11.6 Å². The molecule has 0 aliphatic carbocycles. The van der Waals surface area contributed by atoms with Crippen molar-refractivity contribution in [2.45, 2.75) is 6.54 Å². The van der Waals surface area contributed by atoms with E-state index in [1.165, 1.54) is 19.2 Å². The summed E-state index contributed by atoms with van der Waals surface area (Å²) in [6, 6.07) is 4.08. The zero-order valence-corrected chi connectivity index (χ0v) is 7.35. The van der Waals surface area contributed by atoms with Gasteiger partial charge in [-0.15, -0.1) is 0 Å². The minimum Gasteiger partial charge on any atom is -0.314 e. The molecule has 12 heavy (non-hydrogen) atoms. The molecule has 0 aliphatic heterocycles. The fraction of sp³-hybridized carbons (Fsp3) is 0.250. The average molecular weight is 190 g/mol. The van der Waals surface area contributed by atoms with Gasteiger partial charge in [0.1, 0.15) is 5.82 Å². The lowest BCUT2D eigenvalue weighted by Gasteiger charge is -2.08. The van der Waals surface area contributed by atoms with E-state index in [-0.39, 0.29) is 5.82 Å². The van der Waals surface area contributed by atoms with E-state index in [9.17, 15) is 4.39 Å². The largest absolute Gasteiger partial charge is 0.314 e. The summed E-state index contributed by atoms with van der Waals surface area (Å²) in [5.74, 6) is -0.371. The topological polar surface area (TPSA) is 23.5 Å². The Morgan fingerprint density at radius 3 is 2.75 bits per heavy atom. The molecule has 2 nitrogen and oxygen atoms in total. The number of nitrogens with zero attached hydrogens (tertiary/aromatic N) is 1. The summed E-state index contributed by atoms with van der Waals surface area (Å²) in [6.07, 6.45) is 0. The lowest BCUT2D eigenvalue weighted by Crippen LogP contribution is -2.11. The highest BCUT2D eigenvalue weighted by Crippen LogP contribution is 2.17. The number of hydrogen-bond acceptors (Lipinski definition) is 2. The van der Waals surface area contributed by atoms with E-state index in [0.29, 0.717) is 17.1 Å². The summed E-state index contributed by atoms with van der Waals surface area (Å²) >= 11 is 5.70. The zero-order valence-electron chi connectivity index (χ0n) is 6.59. The molecule has 0 aromatic heterocycles. The van der Waals surface area contributed by atoms with Gasteiger partial charge in [-0.1, -0.05) is 17.7 Å². The van der Waals surface area contributed by atoms with Gasteiger partial charge in [0, 0.05) is 18.6 Å². The standard InChI is InChI=1S/C8H9ClFNO/c1-11(12)5-6-2-3-7(10)4-8(6)9/h2-4,12H,5H2,1H3. The highest BCUT2D eigenvalue weighted by Gasteiger charge is 2.02. The highest BCUT2D eigenvalue weighted by molar-refractivity contribution is 6.31. The summed E-state index contributed by atoms with van der Waals surface area (Å²) in [7, 11) is 1.50. The van der Waals surface area contributed by atoms with Crippen LogP contribution in [0.2, 0.25) is 5.02 Å². The average Bonchev–Trinajstić information content (AvgIpc) is 1.94. The lowest BCUT2D eigenvalue weighted by molar-refractivity contribution is -0.0731. The van der Waals surface area contributed by atoms with Gasteiger partial charge in [0.05, 0.1) is 0 Å². The van der Waals surface area contributed by atoms with Crippen LogP contribution in [0.3, 0.4) is 0 Å². The third kappa shape index (κ3) is 2.44. The number of hydroxylamine groups is 2. The van der Waals surface area contributed by atoms with Crippen LogP contribution in [-0.2, 0) is 6.54 Å². The number of hydrogen-bond donors (Lipinski definition) is 1. The molecular formula is C8H9ClFNO. The van der Waals surface area contributed by atoms with E-state index in [2.05, 4.69) is 0 Å². The predicted molar refractivity (Wildman–Crippen MR) is 44.7 cm³/mol. The van der Waals surface area contributed by atoms with Crippen LogP contribution < -0.4 is 0 Å². The summed E-state index contributed by atoms with van der Waals surface area (Å²) < 4.78 is 12.5. The maximum absolute atomic E-state index is 12.5. The fourth-order valence-electron chi connectivity index (χ4n) is 0.896. The molecule has 0 aliphatic rings. The molecule has 0 atom stereocenters. The zero-order chi connectivity index (χ0) is 9.14. The van der Waals surface area contributed by atoms with Crippen LogP contribution in [0.15, 0.2) is 18.2 Å². The van der Waals surface area contributed by atoms with Gasteiger partial charge in [0.25, 0.3) is 0 Å². The molecule has 66 valence electrons. The maximum Gasteiger partial charge on any atom is 0.124 e. The predicted octanol–water partition coefficient (Wildman–Crippen LogP) is 2.30. The van der Waals surface area contributed by atoms with Crippen molar-refractivity contribution in [3.63, 3.8) is 0 Å². The Morgan fingerprint density at radius 2 is 2.25 bits per heavy atom. The monoisotopic (exact) mass is 189 g/mol. The SMILES string of the molecule is CN(O)Cc1ccc(F)cc1Cl. The second-order valence-corrected chi connectivity index (χ2v) is 2.96. The van der Waals surface area contributed by atoms with Crippen LogP contribution >= 0.6 is 11.6 Å². The molecular weight excluding hydrogens is 181 g/mol. The molecule has 0 heterocycles. The van der Waals surface area contributed by atoms with Crippen LogP contribution in [0.1, 0.15) is 5.56 Å². The highest BCUT2D eigenvalue weighted by atomic mass is 35.5. The first-order chi connectivity index (χ1) is 5.59.